The minimum Gasteiger partial charge on any atom is -0.455 e. The average Bonchev–Trinajstić information content (AvgIpc) is 3.33. The van der Waals surface area contributed by atoms with Crippen LogP contribution in [-0.2, 0) is 19.0 Å². The molecule has 6 aliphatic rings. The highest BCUT2D eigenvalue weighted by molar-refractivity contribution is 5.86. The van der Waals surface area contributed by atoms with Crippen molar-refractivity contribution in [1.82, 2.24) is 0 Å². The Morgan fingerprint density at radius 3 is 2.60 bits per heavy atom. The SMILES string of the molecule is C[C@@]12CC[C@H]3OC(=O)C=C3[C@H]1CC[C@@]13C[C@@H](CC[C@H]12)[C@](CO)(O[C@@H]1O[C@H](CO)[C@@H](O)[C@H](O)[C@H]1O)C3. The summed E-state index contributed by atoms with van der Waals surface area (Å²) in [6.45, 7) is 1.63. The van der Waals surface area contributed by atoms with Gasteiger partial charge in [-0.05, 0) is 85.5 Å². The molecular formula is C26H38O9. The highest BCUT2D eigenvalue weighted by Crippen LogP contribution is 2.72. The molecule has 0 aromatic carbocycles. The van der Waals surface area contributed by atoms with Gasteiger partial charge >= 0.3 is 5.97 Å². The van der Waals surface area contributed by atoms with Crippen molar-refractivity contribution in [2.24, 2.45) is 28.6 Å². The third-order valence-electron chi connectivity index (χ3n) is 10.8. The zero-order valence-corrected chi connectivity index (χ0v) is 20.2. The van der Waals surface area contributed by atoms with E-state index in [-0.39, 0.29) is 35.4 Å². The molecule has 196 valence electrons. The first-order chi connectivity index (χ1) is 16.7. The van der Waals surface area contributed by atoms with Gasteiger partial charge in [-0.2, -0.15) is 0 Å². The van der Waals surface area contributed by atoms with Gasteiger partial charge in [0.1, 0.15) is 30.5 Å². The van der Waals surface area contributed by atoms with Crippen LogP contribution in [0, 0.1) is 28.6 Å². The van der Waals surface area contributed by atoms with E-state index >= 15 is 0 Å². The molecule has 35 heavy (non-hydrogen) atoms. The molecule has 0 unspecified atom stereocenters. The lowest BCUT2D eigenvalue weighted by Crippen LogP contribution is -2.61. The summed E-state index contributed by atoms with van der Waals surface area (Å²) in [4.78, 5) is 12.0. The second kappa shape index (κ2) is 8.21. The monoisotopic (exact) mass is 494 g/mol. The van der Waals surface area contributed by atoms with Crippen LogP contribution < -0.4 is 0 Å². The molecule has 0 aromatic heterocycles. The minimum atomic E-state index is -1.51. The number of carbonyl (C=O) groups excluding carboxylic acids is 1. The van der Waals surface area contributed by atoms with Gasteiger partial charge in [-0.1, -0.05) is 6.92 Å². The van der Waals surface area contributed by atoms with Crippen LogP contribution in [0.25, 0.3) is 0 Å². The van der Waals surface area contributed by atoms with Gasteiger partial charge in [0.2, 0.25) is 0 Å². The number of fused-ring (bicyclic) bond motifs is 5. The maximum Gasteiger partial charge on any atom is 0.331 e. The summed E-state index contributed by atoms with van der Waals surface area (Å²) >= 11 is 0. The van der Waals surface area contributed by atoms with Crippen molar-refractivity contribution in [2.45, 2.75) is 101 Å². The summed E-state index contributed by atoms with van der Waals surface area (Å²) in [5, 5.41) is 51.2. The highest BCUT2D eigenvalue weighted by atomic mass is 16.7. The number of rotatable bonds is 4. The molecule has 0 radical (unpaired) electrons. The Balaban J connectivity index is 1.27. The number of aliphatic hydroxyl groups excluding tert-OH is 5. The van der Waals surface area contributed by atoms with Crippen LogP contribution in [0.2, 0.25) is 0 Å². The Morgan fingerprint density at radius 2 is 1.86 bits per heavy atom. The average molecular weight is 495 g/mol. The lowest BCUT2D eigenvalue weighted by Gasteiger charge is -2.60. The van der Waals surface area contributed by atoms with E-state index in [2.05, 4.69) is 6.92 Å². The molecule has 12 atom stereocenters. The Labute approximate surface area is 205 Å². The van der Waals surface area contributed by atoms with Gasteiger partial charge < -0.3 is 39.7 Å². The first kappa shape index (κ1) is 24.3. The molecule has 1 spiro atoms. The summed E-state index contributed by atoms with van der Waals surface area (Å²) in [6, 6.07) is 0. The van der Waals surface area contributed by atoms with Crippen LogP contribution in [0.3, 0.4) is 0 Å². The number of carbonyl (C=O) groups is 1. The van der Waals surface area contributed by atoms with Gasteiger partial charge in [-0.25, -0.2) is 4.79 Å². The maximum absolute atomic E-state index is 12.0. The number of hydrogen-bond donors (Lipinski definition) is 5. The number of hydrogen-bond acceptors (Lipinski definition) is 9. The molecule has 4 aliphatic carbocycles. The summed E-state index contributed by atoms with van der Waals surface area (Å²) in [5.41, 5.74) is 0.287. The van der Waals surface area contributed by atoms with Crippen molar-refractivity contribution in [3.8, 4) is 0 Å². The molecule has 9 nitrogen and oxygen atoms in total. The molecule has 2 heterocycles. The first-order valence-corrected chi connectivity index (χ1v) is 13.2. The van der Waals surface area contributed by atoms with Crippen LogP contribution in [0.15, 0.2) is 11.6 Å². The van der Waals surface area contributed by atoms with Crippen molar-refractivity contribution in [2.75, 3.05) is 13.2 Å². The van der Waals surface area contributed by atoms with Gasteiger partial charge in [0.25, 0.3) is 0 Å². The summed E-state index contributed by atoms with van der Waals surface area (Å²) in [7, 11) is 0. The fraction of sp³-hybridized carbons (Fsp3) is 0.885. The topological polar surface area (TPSA) is 146 Å². The normalized spacial score (nSPS) is 55.0. The molecular weight excluding hydrogens is 456 g/mol. The largest absolute Gasteiger partial charge is 0.455 e. The second-order valence-electron chi connectivity index (χ2n) is 12.3. The van der Waals surface area contributed by atoms with Gasteiger partial charge in [-0.3, -0.25) is 0 Å². The van der Waals surface area contributed by atoms with E-state index in [1.54, 1.807) is 6.08 Å². The van der Waals surface area contributed by atoms with Crippen LogP contribution in [0.1, 0.15) is 58.3 Å². The summed E-state index contributed by atoms with van der Waals surface area (Å²) in [5.74, 6) is 0.624. The van der Waals surface area contributed by atoms with E-state index in [1.807, 2.05) is 0 Å². The fourth-order valence-corrected chi connectivity index (χ4v) is 9.31. The van der Waals surface area contributed by atoms with Gasteiger partial charge in [0.05, 0.1) is 18.8 Å². The van der Waals surface area contributed by atoms with E-state index in [4.69, 9.17) is 14.2 Å². The zero-order valence-electron chi connectivity index (χ0n) is 20.2. The molecule has 0 amide bonds. The maximum atomic E-state index is 12.0. The van der Waals surface area contributed by atoms with E-state index in [1.165, 1.54) is 5.57 Å². The number of aliphatic hydroxyl groups is 5. The molecule has 9 heteroatoms. The molecule has 6 rings (SSSR count). The lowest BCUT2D eigenvalue weighted by atomic mass is 9.44. The van der Waals surface area contributed by atoms with E-state index in [0.717, 1.165) is 44.9 Å². The lowest BCUT2D eigenvalue weighted by molar-refractivity contribution is -0.335. The quantitative estimate of drug-likeness (QED) is 0.351. The van der Waals surface area contributed by atoms with Crippen molar-refractivity contribution >= 4 is 5.97 Å². The van der Waals surface area contributed by atoms with Gasteiger partial charge in [0, 0.05) is 6.08 Å². The Bertz CT molecular complexity index is 905. The second-order valence-corrected chi connectivity index (χ2v) is 12.3. The van der Waals surface area contributed by atoms with Crippen LogP contribution >= 0.6 is 0 Å². The van der Waals surface area contributed by atoms with Crippen molar-refractivity contribution < 1.29 is 44.5 Å². The summed E-state index contributed by atoms with van der Waals surface area (Å²) in [6.07, 6.45) is 2.19. The highest BCUT2D eigenvalue weighted by Gasteiger charge is 2.68. The Hall–Kier alpha value is -1.07. The van der Waals surface area contributed by atoms with Crippen LogP contribution in [-0.4, -0.2) is 87.1 Å². The van der Waals surface area contributed by atoms with Crippen molar-refractivity contribution in [1.29, 1.82) is 0 Å². The molecule has 4 saturated carbocycles. The summed E-state index contributed by atoms with van der Waals surface area (Å²) < 4.78 is 17.6. The zero-order chi connectivity index (χ0) is 24.8. The molecule has 1 saturated heterocycles. The predicted octanol–water partition coefficient (Wildman–Crippen LogP) is 0.402. The molecule has 2 bridgehead atoms. The molecule has 5 N–H and O–H groups in total. The van der Waals surface area contributed by atoms with E-state index < -0.39 is 42.9 Å². The van der Waals surface area contributed by atoms with Crippen LogP contribution in [0.4, 0.5) is 0 Å². The third kappa shape index (κ3) is 3.35. The van der Waals surface area contributed by atoms with Crippen molar-refractivity contribution in [3.05, 3.63) is 11.6 Å². The fourth-order valence-electron chi connectivity index (χ4n) is 9.31. The Morgan fingerprint density at radius 1 is 1.06 bits per heavy atom. The smallest absolute Gasteiger partial charge is 0.331 e. The number of ether oxygens (including phenoxy) is 3. The van der Waals surface area contributed by atoms with Crippen LogP contribution in [0.5, 0.6) is 0 Å². The van der Waals surface area contributed by atoms with Crippen molar-refractivity contribution in [3.63, 3.8) is 0 Å². The standard InChI is InChI=1S/C26H38O9/c1-24-6-5-16-14(8-19(29)33-16)15(24)4-7-25-9-13(2-3-18(24)25)26(11-25,12-28)35-23-22(32)21(31)20(30)17(10-27)34-23/h8,13,15-18,20-23,27-28,30-32H,2-7,9-12H2,1H3/t13-,15-,16-,17-,18+,20-,21+,22-,23+,24-,25+,26+/m1/s1. The molecule has 5 fully saturated rings. The molecule has 0 aromatic rings. The molecule has 2 aliphatic heterocycles. The predicted molar refractivity (Wildman–Crippen MR) is 121 cm³/mol. The van der Waals surface area contributed by atoms with Gasteiger partial charge in [0.15, 0.2) is 6.29 Å². The first-order valence-electron chi connectivity index (χ1n) is 13.2. The van der Waals surface area contributed by atoms with E-state index in [9.17, 15) is 30.3 Å². The van der Waals surface area contributed by atoms with Gasteiger partial charge in [-0.15, -0.1) is 0 Å². The minimum absolute atomic E-state index is 0.0120. The number of esters is 1. The Kier molecular flexibility index (Phi) is 5.70. The van der Waals surface area contributed by atoms with E-state index in [0.29, 0.717) is 18.3 Å². The third-order valence-corrected chi connectivity index (χ3v) is 10.8.